The molecule has 1 aliphatic carbocycles. The number of halogens is 1. The Balaban J connectivity index is 1.63. The summed E-state index contributed by atoms with van der Waals surface area (Å²) in [6.07, 6.45) is 8.46. The van der Waals surface area contributed by atoms with E-state index in [1.807, 2.05) is 31.2 Å². The van der Waals surface area contributed by atoms with Crippen molar-refractivity contribution in [1.29, 1.82) is 0 Å². The van der Waals surface area contributed by atoms with Crippen LogP contribution in [0, 0.1) is 0 Å². The number of benzene rings is 1. The number of fused-ring (bicyclic) bond motifs is 2. The molecule has 1 fully saturated rings. The summed E-state index contributed by atoms with van der Waals surface area (Å²) in [4.78, 5) is 18.7. The van der Waals surface area contributed by atoms with Crippen LogP contribution in [0.1, 0.15) is 35.9 Å². The number of amidine groups is 1. The highest BCUT2D eigenvalue weighted by Crippen LogP contribution is 2.44. The molecule has 4 heterocycles. The molecule has 0 atom stereocenters. The lowest BCUT2D eigenvalue weighted by Gasteiger charge is -2.21. The maximum absolute atomic E-state index is 11.5. The molecule has 2 aliphatic rings. The number of rotatable bonds is 4. The second-order valence-corrected chi connectivity index (χ2v) is 11.0. The van der Waals surface area contributed by atoms with Crippen LogP contribution in [-0.4, -0.2) is 32.1 Å². The molecular weight excluding hydrogens is 498 g/mol. The summed E-state index contributed by atoms with van der Waals surface area (Å²) in [7, 11) is 0. The molecule has 9 heteroatoms. The zero-order valence-electron chi connectivity index (χ0n) is 19.0. The van der Waals surface area contributed by atoms with Crippen LogP contribution in [0.3, 0.4) is 0 Å². The standard InChI is InChI=1S/C26H22ClN5OS2/c1-15(30-31-26-29-20(33)14-34-26)24-23(32-12-4-5-13-32)22-21(16-8-10-17(27)11-9-16)18-6-2-3-7-19(18)28-25(22)35-24/h4-5,8-13H,2-3,6-7,14H2,1H3,(H,29,31,33)/b30-15+. The maximum atomic E-state index is 11.5. The first-order valence-corrected chi connectivity index (χ1v) is 13.7. The molecule has 176 valence electrons. The van der Waals surface area contributed by atoms with Gasteiger partial charge in [0, 0.05) is 28.5 Å². The Morgan fingerprint density at radius 3 is 2.66 bits per heavy atom. The number of carbonyl (C=O) groups excluding carboxylic acids is 1. The number of thiophene rings is 1. The van der Waals surface area contributed by atoms with Crippen molar-refractivity contribution in [3.63, 3.8) is 0 Å². The van der Waals surface area contributed by atoms with Crippen molar-refractivity contribution in [2.45, 2.75) is 32.6 Å². The minimum absolute atomic E-state index is 0.0427. The zero-order chi connectivity index (χ0) is 23.9. The molecule has 0 spiro atoms. The second kappa shape index (κ2) is 9.26. The molecule has 0 radical (unpaired) electrons. The van der Waals surface area contributed by atoms with Gasteiger partial charge in [-0.05, 0) is 73.6 Å². The SMILES string of the molecule is C/C(=N\N=C1\NC(=O)CS1)c1sc2nc3c(c(-c4ccc(Cl)cc4)c2c1-n1cccc1)CCCC3. The number of aromatic nitrogens is 2. The molecule has 1 amide bonds. The van der Waals surface area contributed by atoms with Crippen LogP contribution in [0.15, 0.2) is 59.0 Å². The molecule has 1 aliphatic heterocycles. The van der Waals surface area contributed by atoms with Gasteiger partial charge in [0.05, 0.1) is 22.0 Å². The molecule has 1 saturated heterocycles. The summed E-state index contributed by atoms with van der Waals surface area (Å²) in [6.45, 7) is 1.96. The van der Waals surface area contributed by atoms with E-state index in [9.17, 15) is 4.79 Å². The van der Waals surface area contributed by atoms with E-state index in [0.717, 1.165) is 62.8 Å². The number of nitrogens with zero attached hydrogens (tertiary/aromatic N) is 4. The normalized spacial score (nSPS) is 17.3. The van der Waals surface area contributed by atoms with Gasteiger partial charge in [-0.1, -0.05) is 35.5 Å². The molecule has 35 heavy (non-hydrogen) atoms. The Kier molecular flexibility index (Phi) is 5.96. The van der Waals surface area contributed by atoms with Crippen LogP contribution in [0.2, 0.25) is 5.02 Å². The number of carbonyl (C=O) groups is 1. The molecule has 6 nitrogen and oxygen atoms in total. The molecular formula is C26H22ClN5OS2. The van der Waals surface area contributed by atoms with Crippen molar-refractivity contribution in [2.24, 2.45) is 10.2 Å². The summed E-state index contributed by atoms with van der Waals surface area (Å²) >= 11 is 9.26. The van der Waals surface area contributed by atoms with Gasteiger partial charge in [-0.15, -0.1) is 16.4 Å². The molecule has 1 aromatic carbocycles. The lowest BCUT2D eigenvalue weighted by atomic mass is 9.87. The summed E-state index contributed by atoms with van der Waals surface area (Å²) in [5.41, 5.74) is 6.77. The van der Waals surface area contributed by atoms with E-state index < -0.39 is 0 Å². The van der Waals surface area contributed by atoms with Crippen molar-refractivity contribution >= 4 is 61.7 Å². The number of hydrogen-bond acceptors (Lipinski definition) is 6. The summed E-state index contributed by atoms with van der Waals surface area (Å²) in [6, 6.07) is 12.2. The molecule has 0 saturated carbocycles. The van der Waals surface area contributed by atoms with E-state index in [1.54, 1.807) is 11.3 Å². The fraction of sp³-hybridized carbons (Fsp3) is 0.231. The van der Waals surface area contributed by atoms with Gasteiger partial charge >= 0.3 is 0 Å². The van der Waals surface area contributed by atoms with Gasteiger partial charge in [0.2, 0.25) is 5.91 Å². The Labute approximate surface area is 216 Å². The number of thioether (sulfide) groups is 1. The summed E-state index contributed by atoms with van der Waals surface area (Å²) in [5.74, 6) is 0.337. The predicted octanol–water partition coefficient (Wildman–Crippen LogP) is 6.23. The number of hydrogen-bond donors (Lipinski definition) is 1. The van der Waals surface area contributed by atoms with Crippen molar-refractivity contribution < 1.29 is 4.79 Å². The highest BCUT2D eigenvalue weighted by atomic mass is 35.5. The number of pyridine rings is 1. The molecule has 4 aromatic rings. The third-order valence-corrected chi connectivity index (χ3v) is 8.59. The van der Waals surface area contributed by atoms with Crippen LogP contribution in [-0.2, 0) is 17.6 Å². The quantitative estimate of drug-likeness (QED) is 0.256. The van der Waals surface area contributed by atoms with Gasteiger partial charge in [-0.2, -0.15) is 5.10 Å². The first-order valence-electron chi connectivity index (χ1n) is 11.5. The fourth-order valence-corrected chi connectivity index (χ4v) is 6.62. The largest absolute Gasteiger partial charge is 0.322 e. The van der Waals surface area contributed by atoms with E-state index in [-0.39, 0.29) is 5.91 Å². The Bertz CT molecular complexity index is 1500. The third kappa shape index (κ3) is 4.20. The number of nitrogens with one attached hydrogen (secondary N) is 1. The van der Waals surface area contributed by atoms with E-state index in [2.05, 4.69) is 44.6 Å². The van der Waals surface area contributed by atoms with E-state index in [1.165, 1.54) is 28.6 Å². The first-order chi connectivity index (χ1) is 17.1. The highest BCUT2D eigenvalue weighted by molar-refractivity contribution is 8.15. The molecule has 3 aromatic heterocycles. The predicted molar refractivity (Wildman–Crippen MR) is 146 cm³/mol. The minimum atomic E-state index is -0.0427. The lowest BCUT2D eigenvalue weighted by molar-refractivity contribution is -0.116. The highest BCUT2D eigenvalue weighted by Gasteiger charge is 2.26. The third-order valence-electron chi connectivity index (χ3n) is 6.29. The average molecular weight is 520 g/mol. The maximum Gasteiger partial charge on any atom is 0.236 e. The Morgan fingerprint density at radius 1 is 1.14 bits per heavy atom. The van der Waals surface area contributed by atoms with Crippen LogP contribution < -0.4 is 5.32 Å². The van der Waals surface area contributed by atoms with Crippen LogP contribution in [0.4, 0.5) is 0 Å². The van der Waals surface area contributed by atoms with E-state index in [0.29, 0.717) is 10.9 Å². The fourth-order valence-electron chi connectivity index (χ4n) is 4.73. The van der Waals surface area contributed by atoms with Gasteiger partial charge in [-0.3, -0.25) is 4.79 Å². The lowest BCUT2D eigenvalue weighted by Crippen LogP contribution is -2.19. The number of amides is 1. The van der Waals surface area contributed by atoms with Crippen molar-refractivity contribution in [2.75, 3.05) is 5.75 Å². The van der Waals surface area contributed by atoms with E-state index >= 15 is 0 Å². The molecule has 6 rings (SSSR count). The molecule has 1 N–H and O–H groups in total. The van der Waals surface area contributed by atoms with Gasteiger partial charge < -0.3 is 9.88 Å². The van der Waals surface area contributed by atoms with Crippen LogP contribution >= 0.6 is 34.7 Å². The van der Waals surface area contributed by atoms with Crippen LogP contribution in [0.5, 0.6) is 0 Å². The van der Waals surface area contributed by atoms with Gasteiger partial charge in [0.15, 0.2) is 5.17 Å². The number of aryl methyl sites for hydroxylation is 1. The Morgan fingerprint density at radius 2 is 1.91 bits per heavy atom. The van der Waals surface area contributed by atoms with Crippen molar-refractivity contribution in [1.82, 2.24) is 14.9 Å². The molecule has 0 unspecified atom stereocenters. The Hall–Kier alpha value is -2.94. The van der Waals surface area contributed by atoms with Crippen LogP contribution in [0.25, 0.3) is 27.0 Å². The monoisotopic (exact) mass is 519 g/mol. The average Bonchev–Trinajstić information content (AvgIpc) is 3.61. The summed E-state index contributed by atoms with van der Waals surface area (Å²) in [5, 5.41) is 14.0. The molecule has 0 bridgehead atoms. The summed E-state index contributed by atoms with van der Waals surface area (Å²) < 4.78 is 2.14. The van der Waals surface area contributed by atoms with E-state index in [4.69, 9.17) is 16.6 Å². The minimum Gasteiger partial charge on any atom is -0.322 e. The second-order valence-electron chi connectivity index (χ2n) is 8.60. The topological polar surface area (TPSA) is 71.6 Å². The van der Waals surface area contributed by atoms with Crippen molar-refractivity contribution in [3.05, 3.63) is 69.9 Å². The van der Waals surface area contributed by atoms with Crippen molar-refractivity contribution in [3.8, 4) is 16.8 Å². The van der Waals surface area contributed by atoms with Gasteiger partial charge in [-0.25, -0.2) is 4.98 Å². The zero-order valence-corrected chi connectivity index (χ0v) is 21.4. The first kappa shape index (κ1) is 22.5. The van der Waals surface area contributed by atoms with Gasteiger partial charge in [0.25, 0.3) is 0 Å². The van der Waals surface area contributed by atoms with Gasteiger partial charge in [0.1, 0.15) is 4.83 Å². The smallest absolute Gasteiger partial charge is 0.236 e.